The van der Waals surface area contributed by atoms with E-state index in [0.717, 1.165) is 0 Å². The summed E-state index contributed by atoms with van der Waals surface area (Å²) >= 11 is 3.15. The van der Waals surface area contributed by atoms with Gasteiger partial charge in [0, 0.05) is 18.1 Å². The number of nitrogens with zero attached hydrogens (tertiary/aromatic N) is 1. The van der Waals surface area contributed by atoms with E-state index in [9.17, 15) is 9.18 Å². The monoisotopic (exact) mass is 275 g/mol. The van der Waals surface area contributed by atoms with Crippen LogP contribution in [-0.4, -0.2) is 24.7 Å². The van der Waals surface area contributed by atoms with Gasteiger partial charge in [-0.25, -0.2) is 4.39 Å². The van der Waals surface area contributed by atoms with Crippen LogP contribution < -0.4 is 4.90 Å². The van der Waals surface area contributed by atoms with Gasteiger partial charge in [0.25, 0.3) is 0 Å². The molecule has 0 radical (unpaired) electrons. The van der Waals surface area contributed by atoms with Crippen LogP contribution >= 0.6 is 15.9 Å². The molecule has 15 heavy (non-hydrogen) atoms. The van der Waals surface area contributed by atoms with E-state index in [0.29, 0.717) is 10.2 Å². The third-order valence-electron chi connectivity index (χ3n) is 1.98. The van der Waals surface area contributed by atoms with Crippen LogP contribution in [0.15, 0.2) is 22.7 Å². The quantitative estimate of drug-likeness (QED) is 0.918. The van der Waals surface area contributed by atoms with Crippen molar-refractivity contribution in [1.82, 2.24) is 0 Å². The summed E-state index contributed by atoms with van der Waals surface area (Å²) in [5, 5.41) is 8.49. The van der Waals surface area contributed by atoms with Crippen molar-refractivity contribution in [3.8, 4) is 0 Å². The van der Waals surface area contributed by atoms with E-state index in [1.807, 2.05) is 0 Å². The summed E-state index contributed by atoms with van der Waals surface area (Å²) in [6, 6.07) is 4.68. The minimum atomic E-state index is -0.889. The zero-order valence-electron chi connectivity index (χ0n) is 8.20. The van der Waals surface area contributed by atoms with E-state index in [2.05, 4.69) is 15.9 Å². The van der Waals surface area contributed by atoms with Crippen LogP contribution in [0.4, 0.5) is 10.1 Å². The molecule has 0 amide bonds. The molecular weight excluding hydrogens is 265 g/mol. The smallest absolute Gasteiger partial charge is 0.305 e. The van der Waals surface area contributed by atoms with E-state index in [-0.39, 0.29) is 18.8 Å². The van der Waals surface area contributed by atoms with Crippen LogP contribution in [0, 0.1) is 5.82 Å². The molecule has 3 nitrogen and oxygen atoms in total. The molecule has 0 aliphatic heterocycles. The van der Waals surface area contributed by atoms with Crippen molar-refractivity contribution in [3.63, 3.8) is 0 Å². The molecule has 82 valence electrons. The number of carboxylic acid groups (broad SMARTS) is 1. The van der Waals surface area contributed by atoms with Crippen LogP contribution in [-0.2, 0) is 4.79 Å². The lowest BCUT2D eigenvalue weighted by Crippen LogP contribution is -2.21. The van der Waals surface area contributed by atoms with E-state index in [1.54, 1.807) is 24.1 Å². The molecule has 0 spiro atoms. The molecule has 0 atom stereocenters. The predicted molar refractivity (Wildman–Crippen MR) is 59.6 cm³/mol. The topological polar surface area (TPSA) is 40.5 Å². The third kappa shape index (κ3) is 3.51. The minimum Gasteiger partial charge on any atom is -0.481 e. The van der Waals surface area contributed by atoms with Gasteiger partial charge in [0.2, 0.25) is 0 Å². The molecule has 1 N–H and O–H groups in total. The molecule has 1 rings (SSSR count). The van der Waals surface area contributed by atoms with Crippen molar-refractivity contribution in [2.75, 3.05) is 18.5 Å². The van der Waals surface area contributed by atoms with Crippen molar-refractivity contribution in [2.45, 2.75) is 6.42 Å². The number of anilines is 1. The fourth-order valence-corrected chi connectivity index (χ4v) is 1.51. The number of hydrogen-bond donors (Lipinski definition) is 1. The van der Waals surface area contributed by atoms with E-state index < -0.39 is 5.97 Å². The highest BCUT2D eigenvalue weighted by atomic mass is 79.9. The SMILES string of the molecule is CN(CCC(=O)O)c1ccc(Br)cc1F. The van der Waals surface area contributed by atoms with Crippen LogP contribution in [0.1, 0.15) is 6.42 Å². The Morgan fingerprint density at radius 3 is 2.80 bits per heavy atom. The van der Waals surface area contributed by atoms with E-state index in [4.69, 9.17) is 5.11 Å². The van der Waals surface area contributed by atoms with Crippen molar-refractivity contribution in [3.05, 3.63) is 28.5 Å². The van der Waals surface area contributed by atoms with Crippen LogP contribution in [0.5, 0.6) is 0 Å². The van der Waals surface area contributed by atoms with Gasteiger partial charge >= 0.3 is 5.97 Å². The van der Waals surface area contributed by atoms with Crippen LogP contribution in [0.3, 0.4) is 0 Å². The molecule has 0 heterocycles. The van der Waals surface area contributed by atoms with Gasteiger partial charge < -0.3 is 10.0 Å². The lowest BCUT2D eigenvalue weighted by Gasteiger charge is -2.18. The largest absolute Gasteiger partial charge is 0.481 e. The number of carbonyl (C=O) groups is 1. The molecule has 5 heteroatoms. The van der Waals surface area contributed by atoms with Gasteiger partial charge in [-0.15, -0.1) is 0 Å². The standard InChI is InChI=1S/C10H11BrFNO2/c1-13(5-4-10(14)15)9-3-2-7(11)6-8(9)12/h2-3,6H,4-5H2,1H3,(H,14,15). The number of rotatable bonds is 4. The molecule has 1 aromatic carbocycles. The third-order valence-corrected chi connectivity index (χ3v) is 2.48. The summed E-state index contributed by atoms with van der Waals surface area (Å²) < 4.78 is 14.1. The molecular formula is C10H11BrFNO2. The number of benzene rings is 1. The summed E-state index contributed by atoms with van der Waals surface area (Å²) in [7, 11) is 1.66. The zero-order chi connectivity index (χ0) is 11.4. The zero-order valence-corrected chi connectivity index (χ0v) is 9.79. The maximum Gasteiger partial charge on any atom is 0.305 e. The summed E-state index contributed by atoms with van der Waals surface area (Å²) in [5.41, 5.74) is 0.402. The van der Waals surface area contributed by atoms with Crippen LogP contribution in [0.2, 0.25) is 0 Å². The number of halogens is 2. The number of aliphatic carboxylic acids is 1. The lowest BCUT2D eigenvalue weighted by molar-refractivity contribution is -0.136. The number of carboxylic acids is 1. The average Bonchev–Trinajstić information content (AvgIpc) is 2.14. The van der Waals surface area contributed by atoms with Gasteiger partial charge in [-0.1, -0.05) is 15.9 Å². The predicted octanol–water partition coefficient (Wildman–Crippen LogP) is 2.50. The van der Waals surface area contributed by atoms with Gasteiger partial charge in [0.05, 0.1) is 12.1 Å². The van der Waals surface area contributed by atoms with Crippen molar-refractivity contribution in [1.29, 1.82) is 0 Å². The Morgan fingerprint density at radius 1 is 1.60 bits per heavy atom. The Labute approximate surface area is 95.6 Å². The lowest BCUT2D eigenvalue weighted by atomic mass is 10.2. The van der Waals surface area contributed by atoms with Crippen molar-refractivity contribution < 1.29 is 14.3 Å². The van der Waals surface area contributed by atoms with E-state index >= 15 is 0 Å². The first kappa shape index (κ1) is 12.0. The molecule has 0 fully saturated rings. The first-order valence-corrected chi connectivity index (χ1v) is 5.18. The molecule has 0 aliphatic carbocycles. The second kappa shape index (κ2) is 5.11. The molecule has 0 aromatic heterocycles. The summed E-state index contributed by atoms with van der Waals surface area (Å²) in [6.07, 6.45) is -0.00793. The Hall–Kier alpha value is -1.10. The first-order valence-electron chi connectivity index (χ1n) is 4.38. The Morgan fingerprint density at radius 2 is 2.27 bits per heavy atom. The van der Waals surface area contributed by atoms with Gasteiger partial charge in [-0.2, -0.15) is 0 Å². The van der Waals surface area contributed by atoms with Gasteiger partial charge in [0.15, 0.2) is 0 Å². The molecule has 0 bridgehead atoms. The molecule has 1 aromatic rings. The highest BCUT2D eigenvalue weighted by molar-refractivity contribution is 9.10. The van der Waals surface area contributed by atoms with E-state index in [1.165, 1.54) is 6.07 Å². The molecule has 0 aliphatic rings. The fourth-order valence-electron chi connectivity index (χ4n) is 1.17. The average molecular weight is 276 g/mol. The normalized spacial score (nSPS) is 10.1. The molecule has 0 saturated carbocycles. The van der Waals surface area contributed by atoms with Gasteiger partial charge in [-0.05, 0) is 18.2 Å². The Kier molecular flexibility index (Phi) is 4.08. The summed E-state index contributed by atoms with van der Waals surface area (Å²) in [5.74, 6) is -1.25. The second-order valence-corrected chi connectivity index (χ2v) is 4.08. The fraction of sp³-hybridized carbons (Fsp3) is 0.300. The van der Waals surface area contributed by atoms with Gasteiger partial charge in [0.1, 0.15) is 5.82 Å². The molecule has 0 saturated heterocycles. The van der Waals surface area contributed by atoms with Gasteiger partial charge in [-0.3, -0.25) is 4.79 Å². The molecule has 0 unspecified atom stereocenters. The second-order valence-electron chi connectivity index (χ2n) is 3.16. The van der Waals surface area contributed by atoms with Crippen molar-refractivity contribution >= 4 is 27.6 Å². The Bertz CT molecular complexity index is 370. The highest BCUT2D eigenvalue weighted by Crippen LogP contribution is 2.22. The van der Waals surface area contributed by atoms with Crippen LogP contribution in [0.25, 0.3) is 0 Å². The first-order chi connectivity index (χ1) is 7.00. The van der Waals surface area contributed by atoms with Crippen molar-refractivity contribution in [2.24, 2.45) is 0 Å². The highest BCUT2D eigenvalue weighted by Gasteiger charge is 2.08. The minimum absolute atomic E-state index is 0.00793. The Balaban J connectivity index is 2.73. The summed E-state index contributed by atoms with van der Waals surface area (Å²) in [4.78, 5) is 11.9. The maximum absolute atomic E-state index is 13.4. The number of hydrogen-bond acceptors (Lipinski definition) is 2. The maximum atomic E-state index is 13.4. The summed E-state index contributed by atoms with van der Waals surface area (Å²) in [6.45, 7) is 0.286.